The Morgan fingerprint density at radius 1 is 1.14 bits per heavy atom. The number of rotatable bonds is 5. The highest BCUT2D eigenvalue weighted by Gasteiger charge is 2.10. The molecule has 0 bridgehead atoms. The van der Waals surface area contributed by atoms with Gasteiger partial charge in [-0.2, -0.15) is 5.10 Å². The van der Waals surface area contributed by atoms with E-state index < -0.39 is 0 Å². The van der Waals surface area contributed by atoms with E-state index in [4.69, 9.17) is 0 Å². The van der Waals surface area contributed by atoms with Crippen molar-refractivity contribution in [3.05, 3.63) is 86.9 Å². The Bertz CT molecular complexity index is 1040. The second-order valence-electron chi connectivity index (χ2n) is 6.69. The summed E-state index contributed by atoms with van der Waals surface area (Å²) in [4.78, 5) is 12.0. The van der Waals surface area contributed by atoms with Gasteiger partial charge in [-0.1, -0.05) is 28.1 Å². The molecule has 0 atom stereocenters. The maximum atomic E-state index is 12.9. The first-order chi connectivity index (χ1) is 13.3. The van der Waals surface area contributed by atoms with Crippen molar-refractivity contribution in [1.29, 1.82) is 0 Å². The van der Waals surface area contributed by atoms with E-state index in [2.05, 4.69) is 50.1 Å². The molecule has 1 amide bonds. The predicted octanol–water partition coefficient (Wildman–Crippen LogP) is 5.00. The Balaban J connectivity index is 1.71. The first kappa shape index (κ1) is 20.0. The fraction of sp³-hybridized carbons (Fsp3) is 0.182. The van der Waals surface area contributed by atoms with Crippen molar-refractivity contribution in [1.82, 2.24) is 9.99 Å². The zero-order chi connectivity index (χ0) is 20.3. The van der Waals surface area contributed by atoms with Gasteiger partial charge in [-0.25, -0.2) is 9.82 Å². The smallest absolute Gasteiger partial charge is 0.244 e. The number of hydrazone groups is 1. The van der Waals surface area contributed by atoms with Crippen LogP contribution in [0.5, 0.6) is 0 Å². The van der Waals surface area contributed by atoms with Crippen LogP contribution in [-0.2, 0) is 11.2 Å². The molecule has 3 rings (SSSR count). The highest BCUT2D eigenvalue weighted by Crippen LogP contribution is 2.24. The summed E-state index contributed by atoms with van der Waals surface area (Å²) in [6.45, 7) is 6.11. The molecule has 1 N–H and O–H groups in total. The largest absolute Gasteiger partial charge is 0.318 e. The van der Waals surface area contributed by atoms with Crippen LogP contribution in [0.3, 0.4) is 0 Å². The lowest BCUT2D eigenvalue weighted by Gasteiger charge is -2.11. The SMILES string of the molecule is Cc1cc(-n2c(C)cc(/C=N/NC(=O)Cc3ccc(F)cc3)c2C)ccc1Br. The van der Waals surface area contributed by atoms with Crippen LogP contribution < -0.4 is 5.43 Å². The Hall–Kier alpha value is -2.73. The van der Waals surface area contributed by atoms with Crippen LogP contribution in [0.2, 0.25) is 0 Å². The molecule has 1 heterocycles. The third kappa shape index (κ3) is 4.57. The molecule has 0 aliphatic heterocycles. The number of aryl methyl sites for hydroxylation is 2. The van der Waals surface area contributed by atoms with Gasteiger partial charge in [-0.15, -0.1) is 0 Å². The summed E-state index contributed by atoms with van der Waals surface area (Å²) in [6, 6.07) is 14.1. The standard InChI is InChI=1S/C22H21BrFN3O/c1-14-10-20(8-9-21(14)23)27-15(2)11-18(16(27)3)13-25-26-22(28)12-17-4-6-19(24)7-5-17/h4-11,13H,12H2,1-3H3,(H,26,28)/b25-13+. The van der Waals surface area contributed by atoms with E-state index in [0.717, 1.165) is 38.2 Å². The van der Waals surface area contributed by atoms with Crippen molar-refractivity contribution in [2.24, 2.45) is 5.10 Å². The number of carbonyl (C=O) groups is 1. The van der Waals surface area contributed by atoms with Crippen LogP contribution in [0.15, 0.2) is 58.1 Å². The highest BCUT2D eigenvalue weighted by molar-refractivity contribution is 9.10. The lowest BCUT2D eigenvalue weighted by molar-refractivity contribution is -0.120. The van der Waals surface area contributed by atoms with E-state index in [1.807, 2.05) is 26.0 Å². The van der Waals surface area contributed by atoms with Crippen molar-refractivity contribution in [2.45, 2.75) is 27.2 Å². The first-order valence-electron chi connectivity index (χ1n) is 8.87. The molecule has 2 aromatic carbocycles. The summed E-state index contributed by atoms with van der Waals surface area (Å²) in [6.07, 6.45) is 1.79. The number of nitrogens with zero attached hydrogens (tertiary/aromatic N) is 2. The van der Waals surface area contributed by atoms with Crippen molar-refractivity contribution >= 4 is 28.1 Å². The second-order valence-corrected chi connectivity index (χ2v) is 7.55. The number of hydrogen-bond acceptors (Lipinski definition) is 2. The van der Waals surface area contributed by atoms with E-state index in [0.29, 0.717) is 0 Å². The summed E-state index contributed by atoms with van der Waals surface area (Å²) >= 11 is 3.53. The molecular formula is C22H21BrFN3O. The average molecular weight is 442 g/mol. The average Bonchev–Trinajstić information content (AvgIpc) is 2.93. The molecule has 28 heavy (non-hydrogen) atoms. The minimum absolute atomic E-state index is 0.148. The predicted molar refractivity (Wildman–Crippen MR) is 114 cm³/mol. The van der Waals surface area contributed by atoms with Gasteiger partial charge in [0.05, 0.1) is 12.6 Å². The number of carbonyl (C=O) groups excluding carboxylic acids is 1. The van der Waals surface area contributed by atoms with Gasteiger partial charge in [0.1, 0.15) is 5.82 Å². The molecule has 6 heteroatoms. The van der Waals surface area contributed by atoms with Gasteiger partial charge in [-0.3, -0.25) is 4.79 Å². The molecule has 0 saturated heterocycles. The topological polar surface area (TPSA) is 46.4 Å². The van der Waals surface area contributed by atoms with Crippen LogP contribution in [0, 0.1) is 26.6 Å². The Kier molecular flexibility index (Phi) is 6.09. The van der Waals surface area contributed by atoms with Gasteiger partial charge in [0.25, 0.3) is 0 Å². The normalized spacial score (nSPS) is 11.2. The quantitative estimate of drug-likeness (QED) is 0.439. The lowest BCUT2D eigenvalue weighted by Crippen LogP contribution is -2.19. The molecule has 3 aromatic rings. The van der Waals surface area contributed by atoms with E-state index in [1.165, 1.54) is 12.1 Å². The third-order valence-electron chi connectivity index (χ3n) is 4.54. The molecule has 144 valence electrons. The van der Waals surface area contributed by atoms with Crippen molar-refractivity contribution in [3.63, 3.8) is 0 Å². The fourth-order valence-corrected chi connectivity index (χ4v) is 3.33. The van der Waals surface area contributed by atoms with Crippen LogP contribution >= 0.6 is 15.9 Å². The van der Waals surface area contributed by atoms with Crippen molar-refractivity contribution < 1.29 is 9.18 Å². The number of halogens is 2. The number of nitrogens with one attached hydrogen (secondary N) is 1. The molecule has 0 aliphatic rings. The minimum Gasteiger partial charge on any atom is -0.318 e. The van der Waals surface area contributed by atoms with Gasteiger partial charge < -0.3 is 4.57 Å². The molecule has 0 spiro atoms. The van der Waals surface area contributed by atoms with Gasteiger partial charge in [-0.05, 0) is 68.3 Å². The van der Waals surface area contributed by atoms with E-state index in [1.54, 1.807) is 18.3 Å². The Labute approximate surface area is 172 Å². The Morgan fingerprint density at radius 3 is 2.54 bits per heavy atom. The molecule has 0 radical (unpaired) electrons. The number of hydrogen-bond donors (Lipinski definition) is 1. The van der Waals surface area contributed by atoms with Crippen LogP contribution in [-0.4, -0.2) is 16.7 Å². The molecule has 4 nitrogen and oxygen atoms in total. The van der Waals surface area contributed by atoms with Crippen molar-refractivity contribution in [3.8, 4) is 5.69 Å². The third-order valence-corrected chi connectivity index (χ3v) is 5.43. The summed E-state index contributed by atoms with van der Waals surface area (Å²) in [7, 11) is 0. The summed E-state index contributed by atoms with van der Waals surface area (Å²) in [5.74, 6) is -0.571. The molecule has 0 aliphatic carbocycles. The Morgan fingerprint density at radius 2 is 1.86 bits per heavy atom. The summed E-state index contributed by atoms with van der Waals surface area (Å²) in [5, 5.41) is 4.08. The highest BCUT2D eigenvalue weighted by atomic mass is 79.9. The monoisotopic (exact) mass is 441 g/mol. The maximum Gasteiger partial charge on any atom is 0.244 e. The van der Waals surface area contributed by atoms with Gasteiger partial charge >= 0.3 is 0 Å². The van der Waals surface area contributed by atoms with Gasteiger partial charge in [0.15, 0.2) is 0 Å². The minimum atomic E-state index is -0.321. The van der Waals surface area contributed by atoms with E-state index in [9.17, 15) is 9.18 Å². The second kappa shape index (κ2) is 8.52. The summed E-state index contributed by atoms with van der Waals surface area (Å²) in [5.41, 5.74) is 8.55. The fourth-order valence-electron chi connectivity index (χ4n) is 3.08. The van der Waals surface area contributed by atoms with E-state index >= 15 is 0 Å². The molecule has 1 aromatic heterocycles. The molecule has 0 saturated carbocycles. The van der Waals surface area contributed by atoms with E-state index in [-0.39, 0.29) is 18.1 Å². The first-order valence-corrected chi connectivity index (χ1v) is 9.66. The van der Waals surface area contributed by atoms with Gasteiger partial charge in [0.2, 0.25) is 5.91 Å². The van der Waals surface area contributed by atoms with Gasteiger partial charge in [0, 0.05) is 27.1 Å². The van der Waals surface area contributed by atoms with Crippen LogP contribution in [0.4, 0.5) is 4.39 Å². The molecular weight excluding hydrogens is 421 g/mol. The van der Waals surface area contributed by atoms with Crippen LogP contribution in [0.1, 0.15) is 28.1 Å². The van der Waals surface area contributed by atoms with Crippen molar-refractivity contribution in [2.75, 3.05) is 0 Å². The summed E-state index contributed by atoms with van der Waals surface area (Å²) < 4.78 is 16.2. The maximum absolute atomic E-state index is 12.9. The molecule has 0 fully saturated rings. The number of aromatic nitrogens is 1. The zero-order valence-corrected chi connectivity index (χ0v) is 17.5. The zero-order valence-electron chi connectivity index (χ0n) is 16.0. The van der Waals surface area contributed by atoms with Crippen LogP contribution in [0.25, 0.3) is 5.69 Å². The number of amides is 1. The molecule has 0 unspecified atom stereocenters. The lowest BCUT2D eigenvalue weighted by atomic mass is 10.1. The number of benzene rings is 2.